The van der Waals surface area contributed by atoms with Gasteiger partial charge in [0.15, 0.2) is 0 Å². The SMILES string of the molecule is CN(CC(=O)NC1CC1)S(=O)(=O)c1ccc(C2CCCCC2)cc1. The summed E-state index contributed by atoms with van der Waals surface area (Å²) in [6, 6.07) is 7.45. The normalized spacial score (nSPS) is 19.4. The number of amides is 1. The Balaban J connectivity index is 1.65. The molecule has 2 saturated carbocycles. The van der Waals surface area contributed by atoms with Crippen LogP contribution in [0, 0.1) is 0 Å². The molecule has 6 heteroatoms. The standard InChI is InChI=1S/C18H26N2O3S/c1-20(13-18(21)19-16-9-10-16)24(22,23)17-11-7-15(8-12-17)14-5-3-2-4-6-14/h7-8,11-12,14,16H,2-6,9-10,13H2,1H3,(H,19,21). The Kier molecular flexibility index (Phi) is 5.25. The zero-order valence-corrected chi connectivity index (χ0v) is 15.0. The number of rotatable bonds is 6. The minimum Gasteiger partial charge on any atom is -0.352 e. The molecule has 0 radical (unpaired) electrons. The monoisotopic (exact) mass is 350 g/mol. The summed E-state index contributed by atoms with van der Waals surface area (Å²) in [7, 11) is -2.17. The maximum absolute atomic E-state index is 12.6. The number of likely N-dealkylation sites (N-methyl/N-ethyl adjacent to an activating group) is 1. The maximum Gasteiger partial charge on any atom is 0.243 e. The van der Waals surface area contributed by atoms with Crippen LogP contribution in [0.5, 0.6) is 0 Å². The minimum absolute atomic E-state index is 0.136. The lowest BCUT2D eigenvalue weighted by Crippen LogP contribution is -2.39. The van der Waals surface area contributed by atoms with Gasteiger partial charge in [-0.3, -0.25) is 4.79 Å². The molecule has 2 aliphatic carbocycles. The predicted octanol–water partition coefficient (Wildman–Crippen LogP) is 2.63. The highest BCUT2D eigenvalue weighted by Crippen LogP contribution is 2.33. The summed E-state index contributed by atoms with van der Waals surface area (Å²) >= 11 is 0. The molecular weight excluding hydrogens is 324 g/mol. The molecule has 0 atom stereocenters. The quantitative estimate of drug-likeness (QED) is 0.858. The number of nitrogens with zero attached hydrogens (tertiary/aromatic N) is 1. The van der Waals surface area contributed by atoms with Crippen LogP contribution in [0.15, 0.2) is 29.2 Å². The zero-order chi connectivity index (χ0) is 17.2. The van der Waals surface area contributed by atoms with Gasteiger partial charge in [-0.25, -0.2) is 8.42 Å². The van der Waals surface area contributed by atoms with Gasteiger partial charge in [-0.1, -0.05) is 31.4 Å². The molecule has 2 aliphatic rings. The van der Waals surface area contributed by atoms with E-state index in [0.29, 0.717) is 5.92 Å². The Bertz CT molecular complexity index is 675. The van der Waals surface area contributed by atoms with Crippen molar-refractivity contribution in [3.8, 4) is 0 Å². The van der Waals surface area contributed by atoms with Crippen LogP contribution in [0.25, 0.3) is 0 Å². The Hall–Kier alpha value is -1.40. The van der Waals surface area contributed by atoms with Gasteiger partial charge in [-0.05, 0) is 49.3 Å². The minimum atomic E-state index is -3.62. The van der Waals surface area contributed by atoms with Crippen molar-refractivity contribution in [2.45, 2.75) is 61.8 Å². The number of carbonyl (C=O) groups is 1. The highest BCUT2D eigenvalue weighted by molar-refractivity contribution is 7.89. The zero-order valence-electron chi connectivity index (χ0n) is 14.2. The number of hydrogen-bond donors (Lipinski definition) is 1. The van der Waals surface area contributed by atoms with Crippen LogP contribution in [-0.2, 0) is 14.8 Å². The summed E-state index contributed by atoms with van der Waals surface area (Å²) in [4.78, 5) is 12.1. The first-order valence-electron chi connectivity index (χ1n) is 8.82. The van der Waals surface area contributed by atoms with E-state index in [1.54, 1.807) is 12.1 Å². The molecule has 24 heavy (non-hydrogen) atoms. The summed E-state index contributed by atoms with van der Waals surface area (Å²) in [6.07, 6.45) is 8.17. The van der Waals surface area contributed by atoms with Crippen molar-refractivity contribution in [2.24, 2.45) is 0 Å². The molecule has 0 aromatic heterocycles. The van der Waals surface area contributed by atoms with Crippen molar-refractivity contribution < 1.29 is 13.2 Å². The van der Waals surface area contributed by atoms with Crippen LogP contribution < -0.4 is 5.32 Å². The molecule has 2 fully saturated rings. The van der Waals surface area contributed by atoms with E-state index in [9.17, 15) is 13.2 Å². The number of sulfonamides is 1. The second-order valence-electron chi connectivity index (χ2n) is 7.01. The third-order valence-corrected chi connectivity index (χ3v) is 6.79. The van der Waals surface area contributed by atoms with Crippen LogP contribution in [0.3, 0.4) is 0 Å². The first-order valence-corrected chi connectivity index (χ1v) is 10.3. The van der Waals surface area contributed by atoms with Crippen molar-refractivity contribution in [1.29, 1.82) is 0 Å². The van der Waals surface area contributed by atoms with Crippen molar-refractivity contribution in [3.63, 3.8) is 0 Å². The smallest absolute Gasteiger partial charge is 0.243 e. The van der Waals surface area contributed by atoms with E-state index in [2.05, 4.69) is 5.32 Å². The lowest BCUT2D eigenvalue weighted by molar-refractivity contribution is -0.121. The van der Waals surface area contributed by atoms with E-state index >= 15 is 0 Å². The molecule has 0 bridgehead atoms. The second-order valence-corrected chi connectivity index (χ2v) is 9.05. The van der Waals surface area contributed by atoms with Gasteiger partial charge in [0.05, 0.1) is 11.4 Å². The predicted molar refractivity (Wildman–Crippen MR) is 93.2 cm³/mol. The third kappa shape index (κ3) is 4.16. The molecule has 5 nitrogen and oxygen atoms in total. The number of nitrogens with one attached hydrogen (secondary N) is 1. The molecule has 1 amide bonds. The van der Waals surface area contributed by atoms with Crippen LogP contribution in [0.2, 0.25) is 0 Å². The van der Waals surface area contributed by atoms with E-state index in [1.165, 1.54) is 44.7 Å². The first-order chi connectivity index (χ1) is 11.5. The summed E-state index contributed by atoms with van der Waals surface area (Å²) in [5.41, 5.74) is 1.22. The van der Waals surface area contributed by atoms with Gasteiger partial charge in [0.25, 0.3) is 0 Å². The lowest BCUT2D eigenvalue weighted by atomic mass is 9.84. The molecule has 3 rings (SSSR count). The molecule has 1 N–H and O–H groups in total. The maximum atomic E-state index is 12.6. The van der Waals surface area contributed by atoms with Crippen molar-refractivity contribution in [3.05, 3.63) is 29.8 Å². The summed E-state index contributed by atoms with van der Waals surface area (Å²) in [5.74, 6) is 0.319. The van der Waals surface area contributed by atoms with Gasteiger partial charge in [-0.2, -0.15) is 4.31 Å². The summed E-state index contributed by atoms with van der Waals surface area (Å²) < 4.78 is 26.3. The highest BCUT2D eigenvalue weighted by Gasteiger charge is 2.27. The van der Waals surface area contributed by atoms with Gasteiger partial charge >= 0.3 is 0 Å². The van der Waals surface area contributed by atoms with Gasteiger partial charge < -0.3 is 5.32 Å². The highest BCUT2D eigenvalue weighted by atomic mass is 32.2. The molecule has 1 aromatic rings. The molecule has 0 heterocycles. The van der Waals surface area contributed by atoms with Gasteiger partial charge in [-0.15, -0.1) is 0 Å². The van der Waals surface area contributed by atoms with Crippen LogP contribution in [0.1, 0.15) is 56.4 Å². The second kappa shape index (κ2) is 7.23. The van der Waals surface area contributed by atoms with Crippen molar-refractivity contribution in [2.75, 3.05) is 13.6 Å². The molecule has 0 spiro atoms. The first kappa shape index (κ1) is 17.4. The molecule has 132 valence electrons. The Morgan fingerprint density at radius 2 is 1.71 bits per heavy atom. The number of carbonyl (C=O) groups excluding carboxylic acids is 1. The molecule has 1 aromatic carbocycles. The Morgan fingerprint density at radius 3 is 2.29 bits per heavy atom. The third-order valence-electron chi connectivity index (χ3n) is 4.97. The average molecular weight is 350 g/mol. The topological polar surface area (TPSA) is 66.5 Å². The van der Waals surface area contributed by atoms with Crippen LogP contribution in [-0.4, -0.2) is 38.3 Å². The summed E-state index contributed by atoms with van der Waals surface area (Å²) in [5, 5.41) is 2.82. The van der Waals surface area contributed by atoms with Crippen molar-refractivity contribution in [1.82, 2.24) is 9.62 Å². The van der Waals surface area contributed by atoms with Crippen molar-refractivity contribution >= 4 is 15.9 Å². The largest absolute Gasteiger partial charge is 0.352 e. The average Bonchev–Trinajstić information content (AvgIpc) is 3.39. The molecule has 0 aliphatic heterocycles. The van der Waals surface area contributed by atoms with E-state index in [1.807, 2.05) is 12.1 Å². The lowest BCUT2D eigenvalue weighted by Gasteiger charge is -2.22. The van der Waals surface area contributed by atoms with E-state index in [4.69, 9.17) is 0 Å². The molecule has 0 saturated heterocycles. The van der Waals surface area contributed by atoms with Gasteiger partial charge in [0.1, 0.15) is 0 Å². The Labute approximate surface area is 144 Å². The van der Waals surface area contributed by atoms with Gasteiger partial charge in [0.2, 0.25) is 15.9 Å². The summed E-state index contributed by atoms with van der Waals surface area (Å²) in [6.45, 7) is -0.136. The number of hydrogen-bond acceptors (Lipinski definition) is 3. The fraction of sp³-hybridized carbons (Fsp3) is 0.611. The molecular formula is C18H26N2O3S. The van der Waals surface area contributed by atoms with Gasteiger partial charge in [0, 0.05) is 13.1 Å². The molecule has 0 unspecified atom stereocenters. The van der Waals surface area contributed by atoms with Crippen LogP contribution >= 0.6 is 0 Å². The van der Waals surface area contributed by atoms with E-state index in [0.717, 1.165) is 17.1 Å². The fourth-order valence-corrected chi connectivity index (χ4v) is 4.44. The van der Waals surface area contributed by atoms with E-state index < -0.39 is 10.0 Å². The van der Waals surface area contributed by atoms with Crippen LogP contribution in [0.4, 0.5) is 0 Å². The Morgan fingerprint density at radius 1 is 1.08 bits per heavy atom. The number of benzene rings is 1. The van der Waals surface area contributed by atoms with E-state index in [-0.39, 0.29) is 23.4 Å². The fourth-order valence-electron chi connectivity index (χ4n) is 3.32.